The van der Waals surface area contributed by atoms with E-state index in [0.29, 0.717) is 0 Å². The molecule has 0 fully saturated rings. The van der Waals surface area contributed by atoms with Crippen LogP contribution in [0.3, 0.4) is 0 Å². The lowest BCUT2D eigenvalue weighted by Crippen LogP contribution is -2.04. The zero-order valence-electron chi connectivity index (χ0n) is 11.6. The van der Waals surface area contributed by atoms with E-state index in [9.17, 15) is 0 Å². The first-order chi connectivity index (χ1) is 9.67. The van der Waals surface area contributed by atoms with Crippen LogP contribution in [-0.2, 0) is 20.1 Å². The van der Waals surface area contributed by atoms with Crippen molar-refractivity contribution in [2.75, 3.05) is 7.05 Å². The van der Waals surface area contributed by atoms with Gasteiger partial charge in [0.05, 0.1) is 18.3 Å². The van der Waals surface area contributed by atoms with Crippen LogP contribution in [0, 0.1) is 0 Å². The summed E-state index contributed by atoms with van der Waals surface area (Å²) in [4.78, 5) is 0. The summed E-state index contributed by atoms with van der Waals surface area (Å²) in [6.45, 7) is 1.65. The van der Waals surface area contributed by atoms with Crippen LogP contribution < -0.4 is 5.32 Å². The van der Waals surface area contributed by atoms with E-state index < -0.39 is 0 Å². The number of aromatic nitrogens is 3. The standard InChI is InChI=1S/C15H17ClN4/c1-17-7-12-10-20(9-11-6-18-19(2)8-11)15-5-13(16)3-4-14(12)15/h3-6,8,10,17H,7,9H2,1-2H3. The lowest BCUT2D eigenvalue weighted by molar-refractivity contribution is 0.763. The third-order valence-electron chi connectivity index (χ3n) is 3.41. The highest BCUT2D eigenvalue weighted by molar-refractivity contribution is 6.31. The van der Waals surface area contributed by atoms with Crippen molar-refractivity contribution < 1.29 is 0 Å². The lowest BCUT2D eigenvalue weighted by Gasteiger charge is -2.03. The molecule has 0 saturated carbocycles. The lowest BCUT2D eigenvalue weighted by atomic mass is 10.2. The molecule has 5 heteroatoms. The Balaban J connectivity index is 2.06. The van der Waals surface area contributed by atoms with Crippen LogP contribution in [0.15, 0.2) is 36.8 Å². The van der Waals surface area contributed by atoms with E-state index in [-0.39, 0.29) is 0 Å². The van der Waals surface area contributed by atoms with E-state index in [1.165, 1.54) is 16.5 Å². The van der Waals surface area contributed by atoms with E-state index in [4.69, 9.17) is 11.6 Å². The molecule has 0 aliphatic carbocycles. The van der Waals surface area contributed by atoms with Gasteiger partial charge in [0.1, 0.15) is 0 Å². The van der Waals surface area contributed by atoms with Crippen LogP contribution >= 0.6 is 11.6 Å². The van der Waals surface area contributed by atoms with Gasteiger partial charge in [-0.3, -0.25) is 4.68 Å². The maximum absolute atomic E-state index is 6.14. The molecule has 0 spiro atoms. The molecule has 1 N–H and O–H groups in total. The van der Waals surface area contributed by atoms with E-state index in [1.54, 1.807) is 0 Å². The van der Waals surface area contributed by atoms with Gasteiger partial charge < -0.3 is 9.88 Å². The largest absolute Gasteiger partial charge is 0.343 e. The minimum Gasteiger partial charge on any atom is -0.343 e. The monoisotopic (exact) mass is 288 g/mol. The molecule has 2 heterocycles. The minimum atomic E-state index is 0.763. The molecule has 0 aliphatic heterocycles. The molecule has 0 bridgehead atoms. The van der Waals surface area contributed by atoms with Crippen molar-refractivity contribution >= 4 is 22.5 Å². The third-order valence-corrected chi connectivity index (χ3v) is 3.64. The molecule has 0 unspecified atom stereocenters. The second-order valence-electron chi connectivity index (χ2n) is 5.00. The fraction of sp³-hybridized carbons (Fsp3) is 0.267. The predicted octanol–water partition coefficient (Wildman–Crippen LogP) is 2.80. The summed E-state index contributed by atoms with van der Waals surface area (Å²) in [6, 6.07) is 6.05. The fourth-order valence-electron chi connectivity index (χ4n) is 2.55. The van der Waals surface area contributed by atoms with Crippen LogP contribution in [0.4, 0.5) is 0 Å². The fourth-order valence-corrected chi connectivity index (χ4v) is 2.72. The van der Waals surface area contributed by atoms with Crippen molar-refractivity contribution in [3.05, 3.63) is 52.9 Å². The Morgan fingerprint density at radius 2 is 2.15 bits per heavy atom. The number of halogens is 1. The van der Waals surface area contributed by atoms with E-state index in [0.717, 1.165) is 23.6 Å². The zero-order chi connectivity index (χ0) is 14.1. The van der Waals surface area contributed by atoms with Crippen LogP contribution in [0.2, 0.25) is 5.02 Å². The molecule has 4 nitrogen and oxygen atoms in total. The Morgan fingerprint density at radius 1 is 1.30 bits per heavy atom. The molecule has 104 valence electrons. The average Bonchev–Trinajstić information content (AvgIpc) is 2.96. The SMILES string of the molecule is CNCc1cn(Cc2cnn(C)c2)c2cc(Cl)ccc12. The van der Waals surface area contributed by atoms with Gasteiger partial charge in [-0.05, 0) is 24.7 Å². The molecule has 3 rings (SSSR count). The molecule has 20 heavy (non-hydrogen) atoms. The molecule has 1 aromatic carbocycles. The number of rotatable bonds is 4. The average molecular weight is 289 g/mol. The summed E-state index contributed by atoms with van der Waals surface area (Å²) < 4.78 is 4.05. The number of hydrogen-bond donors (Lipinski definition) is 1. The maximum Gasteiger partial charge on any atom is 0.0539 e. The summed E-state index contributed by atoms with van der Waals surface area (Å²) in [6.07, 6.45) is 6.12. The number of nitrogens with one attached hydrogen (secondary N) is 1. The Kier molecular flexibility index (Phi) is 3.51. The van der Waals surface area contributed by atoms with Gasteiger partial charge in [0.25, 0.3) is 0 Å². The van der Waals surface area contributed by atoms with Gasteiger partial charge in [-0.25, -0.2) is 0 Å². The highest BCUT2D eigenvalue weighted by Gasteiger charge is 2.09. The Bertz CT molecular complexity index is 741. The highest BCUT2D eigenvalue weighted by Crippen LogP contribution is 2.25. The third kappa shape index (κ3) is 2.44. The molecule has 2 aromatic heterocycles. The van der Waals surface area contributed by atoms with Crippen LogP contribution in [-0.4, -0.2) is 21.4 Å². The number of nitrogens with zero attached hydrogens (tertiary/aromatic N) is 3. The number of fused-ring (bicyclic) bond motifs is 1. The summed E-state index contributed by atoms with van der Waals surface area (Å²) in [7, 11) is 3.89. The van der Waals surface area contributed by atoms with Gasteiger partial charge in [0.15, 0.2) is 0 Å². The minimum absolute atomic E-state index is 0.763. The Hall–Kier alpha value is -1.78. The molecule has 0 saturated heterocycles. The summed E-state index contributed by atoms with van der Waals surface area (Å²) in [5.41, 5.74) is 3.62. The van der Waals surface area contributed by atoms with Gasteiger partial charge in [0, 0.05) is 42.0 Å². The molecule has 0 aliphatic rings. The first kappa shape index (κ1) is 13.2. The second kappa shape index (κ2) is 5.31. The van der Waals surface area contributed by atoms with Crippen molar-refractivity contribution in [2.24, 2.45) is 7.05 Å². The van der Waals surface area contributed by atoms with E-state index >= 15 is 0 Å². The quantitative estimate of drug-likeness (QED) is 0.801. The number of aryl methyl sites for hydroxylation is 1. The second-order valence-corrected chi connectivity index (χ2v) is 5.43. The topological polar surface area (TPSA) is 34.8 Å². The Morgan fingerprint density at radius 3 is 2.85 bits per heavy atom. The zero-order valence-corrected chi connectivity index (χ0v) is 12.4. The predicted molar refractivity (Wildman–Crippen MR) is 82.0 cm³/mol. The van der Waals surface area contributed by atoms with Crippen LogP contribution in [0.5, 0.6) is 0 Å². The van der Waals surface area contributed by atoms with Crippen LogP contribution in [0.25, 0.3) is 10.9 Å². The number of benzene rings is 1. The van der Waals surface area contributed by atoms with Crippen molar-refractivity contribution in [3.63, 3.8) is 0 Å². The molecule has 0 atom stereocenters. The van der Waals surface area contributed by atoms with Crippen molar-refractivity contribution in [2.45, 2.75) is 13.1 Å². The summed E-state index contributed by atoms with van der Waals surface area (Å²) in [5, 5.41) is 9.43. The molecular formula is C15H17ClN4. The van der Waals surface area contributed by atoms with Crippen molar-refractivity contribution in [3.8, 4) is 0 Å². The van der Waals surface area contributed by atoms with Crippen LogP contribution in [0.1, 0.15) is 11.1 Å². The first-order valence-corrected chi connectivity index (χ1v) is 6.94. The van der Waals surface area contributed by atoms with Crippen molar-refractivity contribution in [1.82, 2.24) is 19.7 Å². The van der Waals surface area contributed by atoms with Crippen molar-refractivity contribution in [1.29, 1.82) is 0 Å². The van der Waals surface area contributed by atoms with Gasteiger partial charge in [-0.2, -0.15) is 5.10 Å². The van der Waals surface area contributed by atoms with Gasteiger partial charge >= 0.3 is 0 Å². The normalized spacial score (nSPS) is 11.3. The van der Waals surface area contributed by atoms with Gasteiger partial charge in [0.2, 0.25) is 0 Å². The van der Waals surface area contributed by atoms with E-state index in [2.05, 4.69) is 27.2 Å². The summed E-state index contributed by atoms with van der Waals surface area (Å²) >= 11 is 6.14. The molecular weight excluding hydrogens is 272 g/mol. The van der Waals surface area contributed by atoms with E-state index in [1.807, 2.05) is 43.3 Å². The molecule has 3 aromatic rings. The maximum atomic E-state index is 6.14. The van der Waals surface area contributed by atoms with Gasteiger partial charge in [-0.1, -0.05) is 17.7 Å². The Labute approximate surface area is 123 Å². The smallest absolute Gasteiger partial charge is 0.0539 e. The highest BCUT2D eigenvalue weighted by atomic mass is 35.5. The van der Waals surface area contributed by atoms with Gasteiger partial charge in [-0.15, -0.1) is 0 Å². The first-order valence-electron chi connectivity index (χ1n) is 6.57. The summed E-state index contributed by atoms with van der Waals surface area (Å²) in [5.74, 6) is 0. The molecule has 0 radical (unpaired) electrons. The number of hydrogen-bond acceptors (Lipinski definition) is 2. The molecule has 0 amide bonds.